The van der Waals surface area contributed by atoms with Crippen molar-refractivity contribution in [3.63, 3.8) is 0 Å². The summed E-state index contributed by atoms with van der Waals surface area (Å²) in [5.74, 6) is 1.15. The SMILES string of the molecule is CCC1=C(CC)C[C@H]2CC(C#N)(C#N)C(c3ccccc3)C[C@H]2C1. The quantitative estimate of drug-likeness (QED) is 0.667. The van der Waals surface area contributed by atoms with Crippen molar-refractivity contribution in [2.75, 3.05) is 0 Å². The molecule has 2 aliphatic rings. The van der Waals surface area contributed by atoms with Crippen LogP contribution in [0.25, 0.3) is 0 Å². The Kier molecular flexibility index (Phi) is 4.77. The van der Waals surface area contributed by atoms with E-state index in [4.69, 9.17) is 0 Å². The van der Waals surface area contributed by atoms with E-state index in [1.807, 2.05) is 18.2 Å². The maximum absolute atomic E-state index is 9.90. The molecule has 2 heteroatoms. The molecule has 2 nitrogen and oxygen atoms in total. The molecule has 1 saturated carbocycles. The smallest absolute Gasteiger partial charge is 0.150 e. The van der Waals surface area contributed by atoms with Crippen molar-refractivity contribution in [2.24, 2.45) is 17.3 Å². The fourth-order valence-electron chi connectivity index (χ4n) is 5.00. The molecule has 1 unspecified atom stereocenters. The average Bonchev–Trinajstić information content (AvgIpc) is 2.66. The van der Waals surface area contributed by atoms with Gasteiger partial charge in [0.2, 0.25) is 0 Å². The lowest BCUT2D eigenvalue weighted by Gasteiger charge is -2.46. The molecule has 0 heterocycles. The molecule has 24 heavy (non-hydrogen) atoms. The Balaban J connectivity index is 1.97. The van der Waals surface area contributed by atoms with E-state index < -0.39 is 5.41 Å². The van der Waals surface area contributed by atoms with Gasteiger partial charge in [0.15, 0.2) is 5.41 Å². The molecule has 0 aliphatic heterocycles. The summed E-state index contributed by atoms with van der Waals surface area (Å²) in [7, 11) is 0. The van der Waals surface area contributed by atoms with Crippen LogP contribution in [0, 0.1) is 39.9 Å². The van der Waals surface area contributed by atoms with Gasteiger partial charge in [-0.1, -0.05) is 55.3 Å². The summed E-state index contributed by atoms with van der Waals surface area (Å²) in [6.45, 7) is 4.50. The number of benzene rings is 1. The van der Waals surface area contributed by atoms with Crippen molar-refractivity contribution in [3.05, 3.63) is 47.0 Å². The highest BCUT2D eigenvalue weighted by Crippen LogP contribution is 2.56. The molecule has 0 spiro atoms. The van der Waals surface area contributed by atoms with Crippen LogP contribution in [0.1, 0.15) is 63.9 Å². The lowest BCUT2D eigenvalue weighted by molar-refractivity contribution is 0.130. The molecule has 0 aromatic heterocycles. The van der Waals surface area contributed by atoms with Crippen molar-refractivity contribution < 1.29 is 0 Å². The zero-order chi connectivity index (χ0) is 17.2. The van der Waals surface area contributed by atoms with Gasteiger partial charge in [-0.25, -0.2) is 0 Å². The predicted molar refractivity (Wildman–Crippen MR) is 95.9 cm³/mol. The van der Waals surface area contributed by atoms with Gasteiger partial charge in [-0.15, -0.1) is 0 Å². The number of allylic oxidation sites excluding steroid dienone is 2. The van der Waals surface area contributed by atoms with E-state index in [-0.39, 0.29) is 5.92 Å². The minimum atomic E-state index is -0.870. The van der Waals surface area contributed by atoms with Crippen LogP contribution in [-0.2, 0) is 0 Å². The Morgan fingerprint density at radius 2 is 1.54 bits per heavy atom. The molecular formula is C22H26N2. The van der Waals surface area contributed by atoms with Crippen molar-refractivity contribution in [3.8, 4) is 12.1 Å². The first-order chi connectivity index (χ1) is 11.7. The van der Waals surface area contributed by atoms with E-state index >= 15 is 0 Å². The molecule has 0 radical (unpaired) electrons. The van der Waals surface area contributed by atoms with Gasteiger partial charge in [0, 0.05) is 5.92 Å². The maximum Gasteiger partial charge on any atom is 0.150 e. The van der Waals surface area contributed by atoms with Crippen LogP contribution in [-0.4, -0.2) is 0 Å². The highest BCUT2D eigenvalue weighted by atomic mass is 14.5. The van der Waals surface area contributed by atoms with Crippen molar-refractivity contribution in [2.45, 2.75) is 58.3 Å². The highest BCUT2D eigenvalue weighted by molar-refractivity contribution is 5.34. The minimum Gasteiger partial charge on any atom is -0.197 e. The lowest BCUT2D eigenvalue weighted by atomic mass is 9.55. The minimum absolute atomic E-state index is 0.0382. The van der Waals surface area contributed by atoms with Gasteiger partial charge in [-0.05, 0) is 55.9 Å². The largest absolute Gasteiger partial charge is 0.197 e. The molecule has 1 aromatic rings. The van der Waals surface area contributed by atoms with Gasteiger partial charge < -0.3 is 0 Å². The van der Waals surface area contributed by atoms with Gasteiger partial charge in [0.05, 0.1) is 12.1 Å². The van der Waals surface area contributed by atoms with Crippen molar-refractivity contribution >= 4 is 0 Å². The fourth-order valence-corrected chi connectivity index (χ4v) is 5.00. The Labute approximate surface area is 145 Å². The van der Waals surface area contributed by atoms with Crippen LogP contribution < -0.4 is 0 Å². The standard InChI is InChI=1S/C22H26N2/c1-3-16-10-19-12-21(18-8-6-5-7-9-18)22(14-23,15-24)13-20(19)11-17(16)4-2/h5-9,19-21H,3-4,10-13H2,1-2H3/t19-,20+,21?/m1/s1. The van der Waals surface area contributed by atoms with E-state index in [0.717, 1.165) is 37.7 Å². The molecule has 2 aliphatic carbocycles. The number of fused-ring (bicyclic) bond motifs is 1. The van der Waals surface area contributed by atoms with Gasteiger partial charge in [-0.3, -0.25) is 0 Å². The van der Waals surface area contributed by atoms with Crippen LogP contribution in [0.5, 0.6) is 0 Å². The summed E-state index contributed by atoms with van der Waals surface area (Å²) in [4.78, 5) is 0. The Hall–Kier alpha value is -2.06. The second kappa shape index (κ2) is 6.82. The molecule has 0 amide bonds. The van der Waals surface area contributed by atoms with Crippen molar-refractivity contribution in [1.29, 1.82) is 10.5 Å². The second-order valence-corrected chi connectivity index (χ2v) is 7.44. The first-order valence-electron chi connectivity index (χ1n) is 9.24. The number of rotatable bonds is 3. The molecule has 3 rings (SSSR count). The van der Waals surface area contributed by atoms with E-state index in [1.165, 1.54) is 6.42 Å². The molecule has 1 aromatic carbocycles. The van der Waals surface area contributed by atoms with Crippen molar-refractivity contribution in [1.82, 2.24) is 0 Å². The van der Waals surface area contributed by atoms with Gasteiger partial charge >= 0.3 is 0 Å². The monoisotopic (exact) mass is 318 g/mol. The third-order valence-electron chi connectivity index (χ3n) is 6.36. The molecular weight excluding hydrogens is 292 g/mol. The summed E-state index contributed by atoms with van der Waals surface area (Å²) in [6, 6.07) is 15.1. The van der Waals surface area contributed by atoms with Crippen LogP contribution in [0.3, 0.4) is 0 Å². The Bertz CT molecular complexity index is 688. The number of nitrogens with zero attached hydrogens (tertiary/aromatic N) is 2. The van der Waals surface area contributed by atoms with E-state index in [1.54, 1.807) is 11.1 Å². The third kappa shape index (κ3) is 2.76. The summed E-state index contributed by atoms with van der Waals surface area (Å²) >= 11 is 0. The van der Waals surface area contributed by atoms with Crippen LogP contribution in [0.4, 0.5) is 0 Å². The maximum atomic E-state index is 9.90. The summed E-state index contributed by atoms with van der Waals surface area (Å²) < 4.78 is 0. The molecule has 124 valence electrons. The molecule has 0 saturated heterocycles. The number of nitriles is 2. The van der Waals surface area contributed by atoms with Gasteiger partial charge in [0.1, 0.15) is 0 Å². The summed E-state index contributed by atoms with van der Waals surface area (Å²) in [6.07, 6.45) is 6.21. The predicted octanol–water partition coefficient (Wildman–Crippen LogP) is 5.74. The molecule has 1 fully saturated rings. The molecule has 0 N–H and O–H groups in total. The third-order valence-corrected chi connectivity index (χ3v) is 6.36. The van der Waals surface area contributed by atoms with Crippen LogP contribution in [0.15, 0.2) is 41.5 Å². The fraction of sp³-hybridized carbons (Fsp3) is 0.545. The van der Waals surface area contributed by atoms with Gasteiger partial charge in [0.25, 0.3) is 0 Å². The highest BCUT2D eigenvalue weighted by Gasteiger charge is 2.50. The molecule has 0 bridgehead atoms. The average molecular weight is 318 g/mol. The Morgan fingerprint density at radius 3 is 2.08 bits per heavy atom. The molecule has 3 atom stereocenters. The van der Waals surface area contributed by atoms with Gasteiger partial charge in [-0.2, -0.15) is 10.5 Å². The normalized spacial score (nSPS) is 28.6. The zero-order valence-corrected chi connectivity index (χ0v) is 14.8. The second-order valence-electron chi connectivity index (χ2n) is 7.44. The van der Waals surface area contributed by atoms with E-state index in [9.17, 15) is 10.5 Å². The Morgan fingerprint density at radius 1 is 0.958 bits per heavy atom. The van der Waals surface area contributed by atoms with E-state index in [0.29, 0.717) is 11.8 Å². The summed E-state index contributed by atoms with van der Waals surface area (Å²) in [5, 5.41) is 19.8. The first-order valence-corrected chi connectivity index (χ1v) is 9.24. The lowest BCUT2D eigenvalue weighted by Crippen LogP contribution is -2.40. The summed E-state index contributed by atoms with van der Waals surface area (Å²) in [5.41, 5.74) is 3.50. The first kappa shape index (κ1) is 16.8. The zero-order valence-electron chi connectivity index (χ0n) is 14.8. The van der Waals surface area contributed by atoms with Crippen LogP contribution in [0.2, 0.25) is 0 Å². The van der Waals surface area contributed by atoms with E-state index in [2.05, 4.69) is 38.1 Å². The van der Waals surface area contributed by atoms with Crippen LogP contribution >= 0.6 is 0 Å². The topological polar surface area (TPSA) is 47.6 Å². The number of hydrogen-bond donors (Lipinski definition) is 0. The number of hydrogen-bond acceptors (Lipinski definition) is 2.